The lowest BCUT2D eigenvalue weighted by Crippen LogP contribution is -2.17. The first-order valence-corrected chi connectivity index (χ1v) is 8.30. The molecule has 0 aliphatic carbocycles. The molecule has 0 bridgehead atoms. The van der Waals surface area contributed by atoms with Gasteiger partial charge in [0.15, 0.2) is 12.7 Å². The number of hydrogen-bond donors (Lipinski definition) is 0. The molecule has 1 atom stereocenters. The van der Waals surface area contributed by atoms with Gasteiger partial charge in [0, 0.05) is 5.56 Å². The third-order valence-corrected chi connectivity index (χ3v) is 3.74. The molecule has 6 nitrogen and oxygen atoms in total. The van der Waals surface area contributed by atoms with Gasteiger partial charge in [-0.15, -0.1) is 10.2 Å². The van der Waals surface area contributed by atoms with Crippen LogP contribution in [-0.2, 0) is 9.53 Å². The van der Waals surface area contributed by atoms with E-state index >= 15 is 0 Å². The van der Waals surface area contributed by atoms with Gasteiger partial charge in [0.05, 0.1) is 0 Å². The van der Waals surface area contributed by atoms with Gasteiger partial charge < -0.3 is 13.9 Å². The van der Waals surface area contributed by atoms with Crippen LogP contribution < -0.4 is 4.74 Å². The predicted octanol–water partition coefficient (Wildman–Crippen LogP) is 4.04. The predicted molar refractivity (Wildman–Crippen MR) is 95.7 cm³/mol. The molecule has 0 radical (unpaired) electrons. The van der Waals surface area contributed by atoms with E-state index in [1.165, 1.54) is 0 Å². The average molecular weight is 352 g/mol. The maximum atomic E-state index is 12.0. The van der Waals surface area contributed by atoms with Crippen molar-refractivity contribution in [3.63, 3.8) is 0 Å². The Labute approximate surface area is 151 Å². The molecule has 0 saturated heterocycles. The third kappa shape index (κ3) is 4.47. The van der Waals surface area contributed by atoms with Gasteiger partial charge in [-0.3, -0.25) is 0 Å². The van der Waals surface area contributed by atoms with E-state index in [2.05, 4.69) is 10.2 Å². The summed E-state index contributed by atoms with van der Waals surface area (Å²) in [5, 5.41) is 7.97. The highest BCUT2D eigenvalue weighted by atomic mass is 16.6. The first-order chi connectivity index (χ1) is 12.5. The molecule has 0 aliphatic heterocycles. The highest BCUT2D eigenvalue weighted by Gasteiger charge is 2.19. The molecule has 1 aromatic heterocycles. The van der Waals surface area contributed by atoms with Crippen LogP contribution in [0.15, 0.2) is 52.9 Å². The molecule has 0 aliphatic rings. The Morgan fingerprint density at radius 1 is 1.08 bits per heavy atom. The van der Waals surface area contributed by atoms with Crippen molar-refractivity contribution in [3.8, 4) is 17.2 Å². The number of ether oxygens (including phenoxy) is 2. The summed E-state index contributed by atoms with van der Waals surface area (Å²) in [4.78, 5) is 12.0. The van der Waals surface area contributed by atoms with E-state index in [0.717, 1.165) is 16.7 Å². The van der Waals surface area contributed by atoms with Crippen LogP contribution >= 0.6 is 0 Å². The lowest BCUT2D eigenvalue weighted by atomic mass is 10.1. The molecule has 0 spiro atoms. The van der Waals surface area contributed by atoms with Crippen LogP contribution in [0, 0.1) is 13.8 Å². The van der Waals surface area contributed by atoms with Crippen molar-refractivity contribution in [3.05, 3.63) is 65.5 Å². The lowest BCUT2D eigenvalue weighted by molar-refractivity contribution is -0.152. The number of aryl methyl sites for hydroxylation is 2. The van der Waals surface area contributed by atoms with Crippen LogP contribution in [0.4, 0.5) is 0 Å². The summed E-state index contributed by atoms with van der Waals surface area (Å²) in [6.45, 7) is 5.45. The molecular weight excluding hydrogens is 332 g/mol. The topological polar surface area (TPSA) is 74.5 Å². The van der Waals surface area contributed by atoms with Crippen LogP contribution in [0.3, 0.4) is 0 Å². The van der Waals surface area contributed by atoms with Crippen LogP contribution in [0.5, 0.6) is 5.75 Å². The molecule has 0 amide bonds. The highest BCUT2D eigenvalue weighted by molar-refractivity contribution is 5.71. The Morgan fingerprint density at radius 2 is 1.85 bits per heavy atom. The van der Waals surface area contributed by atoms with Crippen molar-refractivity contribution >= 4 is 5.97 Å². The highest BCUT2D eigenvalue weighted by Crippen LogP contribution is 2.22. The van der Waals surface area contributed by atoms with E-state index in [1.807, 2.05) is 56.3 Å². The Bertz CT molecular complexity index is 887. The van der Waals surface area contributed by atoms with Gasteiger partial charge in [-0.25, -0.2) is 4.79 Å². The van der Waals surface area contributed by atoms with Crippen molar-refractivity contribution in [2.24, 2.45) is 0 Å². The van der Waals surface area contributed by atoms with E-state index in [-0.39, 0.29) is 12.5 Å². The van der Waals surface area contributed by atoms with E-state index in [4.69, 9.17) is 13.9 Å². The summed E-state index contributed by atoms with van der Waals surface area (Å²) >= 11 is 0. The molecule has 0 saturated carbocycles. The monoisotopic (exact) mass is 352 g/mol. The van der Waals surface area contributed by atoms with E-state index in [0.29, 0.717) is 11.6 Å². The van der Waals surface area contributed by atoms with Gasteiger partial charge in [0.1, 0.15) is 5.75 Å². The Morgan fingerprint density at radius 3 is 2.58 bits per heavy atom. The van der Waals surface area contributed by atoms with E-state index in [9.17, 15) is 4.79 Å². The molecule has 3 rings (SSSR count). The number of benzene rings is 2. The summed E-state index contributed by atoms with van der Waals surface area (Å²) in [5.74, 6) is 0.742. The second-order valence-corrected chi connectivity index (χ2v) is 6.05. The quantitative estimate of drug-likeness (QED) is 0.623. The normalized spacial score (nSPS) is 11.8. The summed E-state index contributed by atoms with van der Waals surface area (Å²) < 4.78 is 16.3. The SMILES string of the molecule is Cc1ccc(-c2nnc(C(C)OC(=O)COc3cccc(C)c3)o2)cc1. The maximum absolute atomic E-state index is 12.0. The molecule has 1 unspecified atom stereocenters. The summed E-state index contributed by atoms with van der Waals surface area (Å²) in [6.07, 6.45) is -0.657. The fourth-order valence-electron chi connectivity index (χ4n) is 2.34. The minimum absolute atomic E-state index is 0.188. The van der Waals surface area contributed by atoms with Crippen molar-refractivity contribution < 1.29 is 18.7 Å². The minimum atomic E-state index is -0.657. The van der Waals surface area contributed by atoms with Gasteiger partial charge in [0.2, 0.25) is 5.89 Å². The third-order valence-electron chi connectivity index (χ3n) is 3.74. The largest absolute Gasteiger partial charge is 0.482 e. The van der Waals surface area contributed by atoms with Gasteiger partial charge in [-0.2, -0.15) is 0 Å². The van der Waals surface area contributed by atoms with Crippen molar-refractivity contribution in [2.45, 2.75) is 26.9 Å². The van der Waals surface area contributed by atoms with Gasteiger partial charge >= 0.3 is 5.97 Å². The summed E-state index contributed by atoms with van der Waals surface area (Å²) in [7, 11) is 0. The van der Waals surface area contributed by atoms with Gasteiger partial charge in [-0.05, 0) is 50.6 Å². The molecule has 2 aromatic carbocycles. The molecule has 134 valence electrons. The number of nitrogens with zero attached hydrogens (tertiary/aromatic N) is 2. The zero-order valence-corrected chi connectivity index (χ0v) is 14.9. The maximum Gasteiger partial charge on any atom is 0.344 e. The lowest BCUT2D eigenvalue weighted by Gasteiger charge is -2.10. The van der Waals surface area contributed by atoms with Crippen LogP contribution in [0.1, 0.15) is 30.0 Å². The number of carbonyl (C=O) groups is 1. The van der Waals surface area contributed by atoms with Gasteiger partial charge in [0.25, 0.3) is 5.89 Å². The second kappa shape index (κ2) is 7.82. The fourth-order valence-corrected chi connectivity index (χ4v) is 2.34. The molecule has 3 aromatic rings. The smallest absolute Gasteiger partial charge is 0.344 e. The van der Waals surface area contributed by atoms with Crippen molar-refractivity contribution in [1.82, 2.24) is 10.2 Å². The summed E-state index contributed by atoms with van der Waals surface area (Å²) in [6, 6.07) is 15.2. The van der Waals surface area contributed by atoms with Crippen molar-refractivity contribution in [1.29, 1.82) is 0 Å². The Balaban J connectivity index is 1.56. The Kier molecular flexibility index (Phi) is 5.31. The first kappa shape index (κ1) is 17.7. The molecule has 0 fully saturated rings. The number of rotatable bonds is 6. The number of hydrogen-bond acceptors (Lipinski definition) is 6. The van der Waals surface area contributed by atoms with E-state index < -0.39 is 12.1 Å². The molecule has 26 heavy (non-hydrogen) atoms. The van der Waals surface area contributed by atoms with Crippen LogP contribution in [-0.4, -0.2) is 22.8 Å². The van der Waals surface area contributed by atoms with E-state index in [1.54, 1.807) is 13.0 Å². The molecule has 6 heteroatoms. The number of aromatic nitrogens is 2. The molecule has 1 heterocycles. The number of esters is 1. The fraction of sp³-hybridized carbons (Fsp3) is 0.250. The molecular formula is C20H20N2O4. The average Bonchev–Trinajstić information content (AvgIpc) is 3.11. The molecule has 0 N–H and O–H groups in total. The van der Waals surface area contributed by atoms with Gasteiger partial charge in [-0.1, -0.05) is 29.8 Å². The van der Waals surface area contributed by atoms with Crippen LogP contribution in [0.25, 0.3) is 11.5 Å². The zero-order chi connectivity index (χ0) is 18.5. The van der Waals surface area contributed by atoms with Crippen LogP contribution in [0.2, 0.25) is 0 Å². The van der Waals surface area contributed by atoms with Crippen molar-refractivity contribution in [2.75, 3.05) is 6.61 Å². The summed E-state index contributed by atoms with van der Waals surface area (Å²) in [5.41, 5.74) is 3.01. The minimum Gasteiger partial charge on any atom is -0.482 e. The Hall–Kier alpha value is -3.15. The first-order valence-electron chi connectivity index (χ1n) is 8.30. The standard InChI is InChI=1S/C20H20N2O4/c1-13-7-9-16(10-8-13)20-22-21-19(26-20)15(3)25-18(23)12-24-17-6-4-5-14(2)11-17/h4-11,15H,12H2,1-3H3. The number of carbonyl (C=O) groups excluding carboxylic acids is 1. The second-order valence-electron chi connectivity index (χ2n) is 6.05. The zero-order valence-electron chi connectivity index (χ0n) is 14.9.